The van der Waals surface area contributed by atoms with Crippen LogP contribution in [0.5, 0.6) is 46.0 Å². The minimum Gasteiger partial charge on any atom is -0.507 e. The molecule has 22 bridgehead atoms. The minimum atomic E-state index is -0.337. The number of ether oxygens (including phenoxy) is 5. The van der Waals surface area contributed by atoms with E-state index in [1.165, 1.54) is 0 Å². The summed E-state index contributed by atoms with van der Waals surface area (Å²) in [5, 5.41) is 53.9. The lowest BCUT2D eigenvalue weighted by molar-refractivity contribution is 0.0756. The summed E-state index contributed by atoms with van der Waals surface area (Å²) < 4.78 is 36.4. The SMILES string of the molecule is CC(C)(C)c1cc2c(O)c(c1)Cc1cc(C(C)(C)C)cc3c1OCc1cccc(c1)COc1c4cc(C(C)(C)C)cc1Cc1cc(C(C)(C)C)cc(c1O)Cc1cc(C(C)(C)C)cc(c1OCCOCCOc1c(cc(C(C)(C)C)cc1Cc1cc(C(C)(C)C)cc(c1O)C4)C2)Cc1cc(C(C)(C)C)cc(c1O)C3. The molecule has 109 heavy (non-hydrogen) atoms. The first-order chi connectivity index (χ1) is 50.6. The lowest BCUT2D eigenvalue weighted by atomic mass is 9.79. The summed E-state index contributed by atoms with van der Waals surface area (Å²) in [5.74, 6) is 3.59. The molecule has 0 unspecified atom stereocenters. The van der Waals surface area contributed by atoms with Crippen molar-refractivity contribution in [2.24, 2.45) is 0 Å². The van der Waals surface area contributed by atoms with Gasteiger partial charge in [0.25, 0.3) is 0 Å². The lowest BCUT2D eigenvalue weighted by Crippen LogP contribution is -2.18. The van der Waals surface area contributed by atoms with Crippen LogP contribution in [0.4, 0.5) is 0 Å². The molecule has 0 aromatic heterocycles. The second-order valence-corrected chi connectivity index (χ2v) is 40.2. The molecule has 0 saturated carbocycles. The standard InChI is InChI=1S/C100H124O9/c1-93(2,3)77-41-61-33-69-49-81(97(13,14)15)50-70-34-62-42-78(94(4,5)6)47-67(86(62)102)39-75-55-84(100(22,23)24)56-76-40-68-48-80(96(10,11)12)44-64(88(68)104)36-72-52-82(98(16,17)18)51-71(90(72)107-31-29-105-28-30-106-89(69)70)35-63-43-79(95(7,8)9)46-66(87(63)103)38-74-54-83(99(19,20)21)53-73(37-65(45-77)85(61)101)91(74)108-57-59-26-25-27-60(32-59)58-109-92(75)76/h25-27,32,41-56,101-104H,28-31,33-40,57-58H2,1-24H3. The Morgan fingerprint density at radius 2 is 0.376 bits per heavy atom. The maximum absolute atomic E-state index is 13.5. The zero-order valence-corrected chi connectivity index (χ0v) is 70.3. The third-order valence-electron chi connectivity index (χ3n) is 22.7. The van der Waals surface area contributed by atoms with Crippen LogP contribution < -0.4 is 18.9 Å². The quantitative estimate of drug-likeness (QED) is 0.110. The number of hydrogen-bond donors (Lipinski definition) is 4. The first-order valence-electron chi connectivity index (χ1n) is 39.9. The number of phenolic OH excluding ortho intramolecular Hbond substituents is 4. The van der Waals surface area contributed by atoms with Crippen molar-refractivity contribution in [2.45, 2.75) is 274 Å². The Hall–Kier alpha value is -8.66. The largest absolute Gasteiger partial charge is 0.507 e. The maximum Gasteiger partial charge on any atom is 0.126 e. The molecule has 13 rings (SSSR count). The number of fused-ring (bicyclic) bond motifs is 8. The van der Waals surface area contributed by atoms with Crippen molar-refractivity contribution in [2.75, 3.05) is 26.4 Å². The number of phenols is 4. The van der Waals surface area contributed by atoms with Gasteiger partial charge in [-0.15, -0.1) is 0 Å². The van der Waals surface area contributed by atoms with Gasteiger partial charge >= 0.3 is 0 Å². The van der Waals surface area contributed by atoms with Crippen LogP contribution in [0.2, 0.25) is 0 Å². The van der Waals surface area contributed by atoms with Gasteiger partial charge in [-0.1, -0.05) is 281 Å². The Morgan fingerprint density at radius 1 is 0.211 bits per heavy atom. The Labute approximate surface area is 652 Å². The number of rotatable bonds is 0. The molecule has 4 aliphatic rings. The van der Waals surface area contributed by atoms with E-state index in [2.05, 4.69) is 287 Å². The molecule has 0 aliphatic carbocycles. The predicted molar refractivity (Wildman–Crippen MR) is 447 cm³/mol. The van der Waals surface area contributed by atoms with Gasteiger partial charge in [-0.25, -0.2) is 0 Å². The lowest BCUT2D eigenvalue weighted by Gasteiger charge is -2.28. The van der Waals surface area contributed by atoms with E-state index < -0.39 is 0 Å². The normalized spacial score (nSPS) is 15.2. The monoisotopic (exact) mass is 1470 g/mol. The molecule has 9 aromatic carbocycles. The molecule has 0 fully saturated rings. The molecule has 0 saturated heterocycles. The fraction of sp³-hybridized carbons (Fsp3) is 0.460. The van der Waals surface area contributed by atoms with Crippen LogP contribution in [0.3, 0.4) is 0 Å². The van der Waals surface area contributed by atoms with E-state index in [-0.39, 0.29) is 106 Å². The molecular formula is C100H124O9. The smallest absolute Gasteiger partial charge is 0.126 e. The molecule has 9 nitrogen and oxygen atoms in total. The molecule has 9 heteroatoms. The van der Waals surface area contributed by atoms with E-state index in [1.807, 2.05) is 0 Å². The summed E-state index contributed by atoms with van der Waals surface area (Å²) in [6.45, 7) is 55.0. The van der Waals surface area contributed by atoms with Gasteiger partial charge in [0.2, 0.25) is 0 Å². The molecule has 4 heterocycles. The van der Waals surface area contributed by atoms with E-state index in [4.69, 9.17) is 23.7 Å². The van der Waals surface area contributed by atoms with Gasteiger partial charge in [-0.3, -0.25) is 0 Å². The second kappa shape index (κ2) is 29.5. The summed E-state index contributed by atoms with van der Waals surface area (Å²) in [5.41, 5.74) is 21.4. The summed E-state index contributed by atoms with van der Waals surface area (Å²) in [6, 6.07) is 44.3. The third kappa shape index (κ3) is 17.9. The van der Waals surface area contributed by atoms with E-state index >= 15 is 0 Å². The van der Waals surface area contributed by atoms with Gasteiger partial charge in [0.05, 0.1) is 13.2 Å². The van der Waals surface area contributed by atoms with E-state index in [0.717, 1.165) is 145 Å². The van der Waals surface area contributed by atoms with Crippen molar-refractivity contribution in [1.29, 1.82) is 0 Å². The van der Waals surface area contributed by atoms with Crippen molar-refractivity contribution in [3.05, 3.63) is 266 Å². The van der Waals surface area contributed by atoms with Crippen LogP contribution in [0.1, 0.15) is 311 Å². The highest BCUT2D eigenvalue weighted by atomic mass is 16.5. The molecular weight excluding hydrogens is 1350 g/mol. The molecule has 578 valence electrons. The van der Waals surface area contributed by atoms with E-state index in [9.17, 15) is 20.4 Å². The Morgan fingerprint density at radius 3 is 0.550 bits per heavy atom. The van der Waals surface area contributed by atoms with Gasteiger partial charge in [-0.2, -0.15) is 0 Å². The highest BCUT2D eigenvalue weighted by Gasteiger charge is 2.33. The van der Waals surface area contributed by atoms with Crippen LogP contribution in [-0.4, -0.2) is 46.9 Å². The molecule has 0 atom stereocenters. The predicted octanol–water partition coefficient (Wildman–Crippen LogP) is 23.2. The van der Waals surface area contributed by atoms with Gasteiger partial charge in [-0.05, 0) is 194 Å². The number of hydrogen-bond acceptors (Lipinski definition) is 9. The molecule has 0 amide bonds. The molecule has 0 radical (unpaired) electrons. The van der Waals surface area contributed by atoms with Crippen LogP contribution >= 0.6 is 0 Å². The number of aromatic hydroxyl groups is 4. The van der Waals surface area contributed by atoms with Crippen molar-refractivity contribution in [1.82, 2.24) is 0 Å². The topological polar surface area (TPSA) is 127 Å². The Balaban J connectivity index is 1.26. The fourth-order valence-electron chi connectivity index (χ4n) is 15.7. The first kappa shape index (κ1) is 79.9. The van der Waals surface area contributed by atoms with Gasteiger partial charge < -0.3 is 44.1 Å². The zero-order valence-electron chi connectivity index (χ0n) is 70.3. The average Bonchev–Trinajstić information content (AvgIpc) is 0.773. The van der Waals surface area contributed by atoms with Gasteiger partial charge in [0.1, 0.15) is 72.4 Å². The molecule has 4 aliphatic heterocycles. The summed E-state index contributed by atoms with van der Waals surface area (Å²) in [4.78, 5) is 0. The fourth-order valence-corrected chi connectivity index (χ4v) is 15.7. The average molecular weight is 1470 g/mol. The Kier molecular flexibility index (Phi) is 21.6. The third-order valence-corrected chi connectivity index (χ3v) is 22.7. The van der Waals surface area contributed by atoms with E-state index in [1.54, 1.807) is 0 Å². The maximum atomic E-state index is 13.5. The molecule has 9 aromatic rings. The highest BCUT2D eigenvalue weighted by Crippen LogP contribution is 2.48. The number of benzene rings is 9. The van der Waals surface area contributed by atoms with E-state index in [0.29, 0.717) is 74.4 Å². The van der Waals surface area contributed by atoms with Crippen molar-refractivity contribution >= 4 is 0 Å². The summed E-state index contributed by atoms with van der Waals surface area (Å²) in [6.07, 6.45) is 2.62. The van der Waals surface area contributed by atoms with Crippen LogP contribution in [-0.2, 0) is 113 Å². The second-order valence-electron chi connectivity index (χ2n) is 40.2. The summed E-state index contributed by atoms with van der Waals surface area (Å²) in [7, 11) is 0. The molecule has 0 spiro atoms. The van der Waals surface area contributed by atoms with Gasteiger partial charge in [0, 0.05) is 51.4 Å². The van der Waals surface area contributed by atoms with Crippen LogP contribution in [0.25, 0.3) is 0 Å². The van der Waals surface area contributed by atoms with Crippen molar-refractivity contribution in [3.8, 4) is 46.0 Å². The summed E-state index contributed by atoms with van der Waals surface area (Å²) >= 11 is 0. The van der Waals surface area contributed by atoms with Gasteiger partial charge in [0.15, 0.2) is 0 Å². The Bertz CT molecular complexity index is 4400. The first-order valence-corrected chi connectivity index (χ1v) is 39.9. The highest BCUT2D eigenvalue weighted by molar-refractivity contribution is 5.63. The minimum absolute atomic E-state index is 0.190. The van der Waals surface area contributed by atoms with Crippen LogP contribution in [0, 0.1) is 0 Å². The zero-order chi connectivity index (χ0) is 79.2. The molecule has 4 N–H and O–H groups in total. The van der Waals surface area contributed by atoms with Crippen molar-refractivity contribution in [3.63, 3.8) is 0 Å². The van der Waals surface area contributed by atoms with Crippen molar-refractivity contribution < 1.29 is 44.1 Å². The van der Waals surface area contributed by atoms with Crippen LogP contribution in [0.15, 0.2) is 121 Å².